The number of aromatic nitrogens is 9. The molecule has 5 aliphatic heterocycles. The molecule has 5 aliphatic rings. The van der Waals surface area contributed by atoms with Gasteiger partial charge in [0.2, 0.25) is 35.6 Å². The lowest BCUT2D eigenvalue weighted by atomic mass is 10.1. The van der Waals surface area contributed by atoms with E-state index in [9.17, 15) is 14.4 Å². The normalized spacial score (nSPS) is 14.1. The molecule has 644 valence electrons. The monoisotopic (exact) mass is 1740 g/mol. The van der Waals surface area contributed by atoms with E-state index in [2.05, 4.69) is 127 Å². The molecule has 12 aromatic rings. The number of carbonyl (C=O) groups excluding carboxylic acids is 3. The Morgan fingerprint density at radius 2 is 0.944 bits per heavy atom. The number of ether oxygens (including phenoxy) is 7. The Labute approximate surface area is 734 Å². The molecule has 0 bridgehead atoms. The summed E-state index contributed by atoms with van der Waals surface area (Å²) in [4.78, 5) is 73.7. The van der Waals surface area contributed by atoms with Crippen LogP contribution in [0.15, 0.2) is 166 Å². The molecule has 6 aromatic carbocycles. The molecule has 32 heteroatoms. The van der Waals surface area contributed by atoms with Crippen LogP contribution in [0.25, 0.3) is 66.5 Å². The summed E-state index contributed by atoms with van der Waals surface area (Å²) in [5.41, 5.74) is 14.1. The van der Waals surface area contributed by atoms with Crippen molar-refractivity contribution in [1.82, 2.24) is 58.3 Å². The van der Waals surface area contributed by atoms with Gasteiger partial charge >= 0.3 is 0 Å². The Hall–Kier alpha value is -12.5. The van der Waals surface area contributed by atoms with Gasteiger partial charge < -0.3 is 93.5 Å². The van der Waals surface area contributed by atoms with E-state index in [-0.39, 0.29) is 23.9 Å². The number of rotatable bonds is 31. The molecule has 2 fully saturated rings. The van der Waals surface area contributed by atoms with Crippen LogP contribution in [0.5, 0.6) is 34.5 Å². The second-order valence-electron chi connectivity index (χ2n) is 30.8. The molecular formula is C92H100Cl3N19O10. The molecule has 6 N–H and O–H groups in total. The standard InChI is InChI=1S/C31H34ClN7O2.C31H35ClN6O5.C30H31ClN6O3/c1-4-28(40)34-25-17-24(20(2)16-26(25)37(3)12-13-38-10-5-6-11-38)35-31-33-18-23(32)29(36-31)22-19-39-14-15-41-27-9-7-8-21(22)30(27)39;1-6-28(39)34-24-13-23(26(40-5)14-27(24)43-19(16-37(3)4)18-41-7-2)35-31-33-15-22(32)29(36-31)21-17-38-11-12-42-25-10-8-9-20(21)30(25)38;1-3-27(38)33-24-16-23(19(2)15-26(24)40-13-11-36-9-4-5-10-36)34-30-32-17-22(31)28(35-30)21-18-37-12-14-39-25-8-6-7-20(21)29(25)37/h4,7-9,16-19H,1,5-6,10-15H2,2-3H3,(H,34,40)(H,33,35,36);6,8-10,13-15,17,19H,1,7,11-12,16,18H2,2-5H3,(H,34,39)(H,33,35,36);3,6-8,15-18H,1,4-5,9-14H2,2H3,(H,33,38)(H,32,34,35)/t;19-;/m.1./s1. The van der Waals surface area contributed by atoms with Gasteiger partial charge in [-0.25, -0.2) is 29.9 Å². The SMILES string of the molecule is C=CC(=O)Nc1cc(Nc2ncc(Cl)c(-c3cn4c5c(cccc35)OCC4)n2)c(C)cc1N(C)CCN1CCCC1.C=CC(=O)Nc1cc(Nc2ncc(Cl)c(-c3cn4c5c(cccc35)OCC4)n2)c(C)cc1OCCN1CCCC1.C=CC(=O)Nc1cc(Nc2ncc(Cl)c(-c3cn4c5c(cccc35)OCC4)n2)c(OC)cc1O[C@@H](COCC)CN(C)C. The van der Waals surface area contributed by atoms with Crippen molar-refractivity contribution in [3.63, 3.8) is 0 Å². The molecule has 3 amide bonds. The molecule has 29 nitrogen and oxygen atoms in total. The second-order valence-corrected chi connectivity index (χ2v) is 32.0. The summed E-state index contributed by atoms with van der Waals surface area (Å²) >= 11 is 19.9. The second kappa shape index (κ2) is 39.4. The largest absolute Gasteiger partial charge is 0.494 e. The van der Waals surface area contributed by atoms with Crippen LogP contribution in [-0.2, 0) is 38.8 Å². The predicted octanol–water partition coefficient (Wildman–Crippen LogP) is 17.0. The summed E-state index contributed by atoms with van der Waals surface area (Å²) in [6.07, 6.45) is 19.3. The van der Waals surface area contributed by atoms with Gasteiger partial charge in [-0.3, -0.25) is 19.3 Å². The van der Waals surface area contributed by atoms with E-state index in [0.717, 1.165) is 160 Å². The zero-order valence-corrected chi connectivity index (χ0v) is 72.7. The zero-order chi connectivity index (χ0) is 86.7. The molecular weight excluding hydrogens is 1640 g/mol. The van der Waals surface area contributed by atoms with Crippen molar-refractivity contribution >= 4 is 143 Å². The van der Waals surface area contributed by atoms with Crippen molar-refractivity contribution in [3.8, 4) is 68.3 Å². The van der Waals surface area contributed by atoms with Gasteiger partial charge in [-0.1, -0.05) is 90.9 Å². The summed E-state index contributed by atoms with van der Waals surface area (Å²) < 4.78 is 47.9. The molecule has 6 aromatic heterocycles. The van der Waals surface area contributed by atoms with Gasteiger partial charge in [-0.2, -0.15) is 0 Å². The number of nitrogens with zero attached hydrogens (tertiary/aromatic N) is 13. The minimum atomic E-state index is -0.392. The van der Waals surface area contributed by atoms with Crippen LogP contribution in [0.4, 0.5) is 57.7 Å². The van der Waals surface area contributed by atoms with Crippen molar-refractivity contribution < 1.29 is 47.5 Å². The highest BCUT2D eigenvalue weighted by Crippen LogP contribution is 2.46. The Morgan fingerprint density at radius 1 is 0.524 bits per heavy atom. The smallest absolute Gasteiger partial charge is 0.247 e. The first-order chi connectivity index (χ1) is 60.2. The number of benzene rings is 6. The van der Waals surface area contributed by atoms with E-state index in [1.165, 1.54) is 43.9 Å². The number of methoxy groups -OCH3 is 1. The van der Waals surface area contributed by atoms with E-state index >= 15 is 0 Å². The Morgan fingerprint density at radius 3 is 1.39 bits per heavy atom. The van der Waals surface area contributed by atoms with Crippen LogP contribution >= 0.6 is 34.8 Å². The minimum Gasteiger partial charge on any atom is -0.494 e. The van der Waals surface area contributed by atoms with E-state index < -0.39 is 5.91 Å². The van der Waals surface area contributed by atoms with Gasteiger partial charge in [-0.05, 0) is 165 Å². The van der Waals surface area contributed by atoms with Crippen LogP contribution in [0.2, 0.25) is 15.1 Å². The van der Waals surface area contributed by atoms with Crippen molar-refractivity contribution in [2.45, 2.75) is 72.2 Å². The molecule has 0 aliphatic carbocycles. The van der Waals surface area contributed by atoms with Crippen LogP contribution in [0.1, 0.15) is 43.7 Å². The highest BCUT2D eigenvalue weighted by molar-refractivity contribution is 6.34. The van der Waals surface area contributed by atoms with Crippen molar-refractivity contribution in [3.05, 3.63) is 192 Å². The fraction of sp³-hybridized carbons (Fsp3) is 0.315. The maximum Gasteiger partial charge on any atom is 0.247 e. The Balaban J connectivity index is 0.000000144. The van der Waals surface area contributed by atoms with E-state index in [0.29, 0.717) is 130 Å². The van der Waals surface area contributed by atoms with E-state index in [4.69, 9.17) is 82.9 Å². The molecule has 0 saturated carbocycles. The number of halogens is 3. The first-order valence-electron chi connectivity index (χ1n) is 41.3. The Kier molecular flexibility index (Phi) is 27.4. The molecule has 17 rings (SSSR count). The van der Waals surface area contributed by atoms with Gasteiger partial charge in [-0.15, -0.1) is 0 Å². The van der Waals surface area contributed by atoms with Gasteiger partial charge in [0.05, 0.1) is 129 Å². The molecule has 0 radical (unpaired) electrons. The van der Waals surface area contributed by atoms with Gasteiger partial charge in [0.1, 0.15) is 67.0 Å². The number of para-hydroxylation sites is 3. The first-order valence-corrected chi connectivity index (χ1v) is 42.5. The molecule has 0 spiro atoms. The first kappa shape index (κ1) is 86.5. The lowest BCUT2D eigenvalue weighted by Gasteiger charge is -2.26. The van der Waals surface area contributed by atoms with E-state index in [1.807, 2.05) is 113 Å². The Bertz CT molecular complexity index is 6000. The number of likely N-dealkylation sites (N-methyl/N-ethyl adjacent to an activating group) is 2. The average molecular weight is 1740 g/mol. The maximum absolute atomic E-state index is 12.4. The molecule has 124 heavy (non-hydrogen) atoms. The highest BCUT2D eigenvalue weighted by atomic mass is 35.5. The third-order valence-electron chi connectivity index (χ3n) is 22.0. The number of amides is 3. The summed E-state index contributed by atoms with van der Waals surface area (Å²) in [6.45, 7) is 30.0. The molecule has 0 unspecified atom stereocenters. The van der Waals surface area contributed by atoms with E-state index in [1.54, 1.807) is 37.8 Å². The van der Waals surface area contributed by atoms with Crippen molar-refractivity contribution in [1.29, 1.82) is 0 Å². The highest BCUT2D eigenvalue weighted by Gasteiger charge is 2.28. The van der Waals surface area contributed by atoms with Crippen LogP contribution in [0.3, 0.4) is 0 Å². The summed E-state index contributed by atoms with van der Waals surface area (Å²) in [7, 11) is 7.51. The third-order valence-corrected chi connectivity index (χ3v) is 22.8. The van der Waals surface area contributed by atoms with Crippen LogP contribution in [0, 0.1) is 13.8 Å². The third kappa shape index (κ3) is 19.8. The molecule has 1 atom stereocenters. The van der Waals surface area contributed by atoms with Gasteiger partial charge in [0.15, 0.2) is 0 Å². The lowest BCUT2D eigenvalue weighted by molar-refractivity contribution is -0.112. The number of hydrogen-bond acceptors (Lipinski definition) is 23. The minimum absolute atomic E-state index is 0.267. The summed E-state index contributed by atoms with van der Waals surface area (Å²) in [5, 5.41) is 22.9. The number of nitrogens with one attached hydrogen (secondary N) is 6. The fourth-order valence-corrected chi connectivity index (χ4v) is 16.5. The number of hydrogen-bond donors (Lipinski definition) is 6. The van der Waals surface area contributed by atoms with Crippen molar-refractivity contribution in [2.24, 2.45) is 0 Å². The molecule has 11 heterocycles. The number of anilines is 10. The topological polar surface area (TPSA) is 293 Å². The van der Waals surface area contributed by atoms with Crippen LogP contribution < -0.4 is 65.2 Å². The summed E-state index contributed by atoms with van der Waals surface area (Å²) in [5.74, 6) is 4.12. The number of carbonyl (C=O) groups is 3. The summed E-state index contributed by atoms with van der Waals surface area (Å²) in [6, 6.07) is 29.1. The van der Waals surface area contributed by atoms with Crippen molar-refractivity contribution in [2.75, 3.05) is 157 Å². The zero-order valence-electron chi connectivity index (χ0n) is 70.4. The average Bonchev–Trinajstić information content (AvgIpc) is 1.61. The maximum atomic E-state index is 12.4. The fourth-order valence-electron chi connectivity index (χ4n) is 15.9. The quantitative estimate of drug-likeness (QED) is 0.0220. The predicted molar refractivity (Wildman–Crippen MR) is 492 cm³/mol. The molecule has 2 saturated heterocycles. The lowest BCUT2D eigenvalue weighted by Crippen LogP contribution is -2.35. The van der Waals surface area contributed by atoms with Crippen LogP contribution in [-0.4, -0.2) is 202 Å². The number of likely N-dealkylation sites (tertiary alicyclic amines) is 2. The van der Waals surface area contributed by atoms with Gasteiger partial charge in [0.25, 0.3) is 0 Å². The number of aryl methyl sites for hydroxylation is 2. The van der Waals surface area contributed by atoms with Gasteiger partial charge in [0, 0.05) is 109 Å².